The van der Waals surface area contributed by atoms with Crippen molar-refractivity contribution in [1.29, 1.82) is 0 Å². The molecule has 5 rings (SSSR count). The lowest BCUT2D eigenvalue weighted by atomic mass is 10.0. The number of H-pyrrole nitrogens is 1. The van der Waals surface area contributed by atoms with Crippen molar-refractivity contribution in [2.45, 2.75) is 39.3 Å². The molecule has 0 spiro atoms. The number of aromatic amines is 1. The fourth-order valence-electron chi connectivity index (χ4n) is 5.23. The molecule has 0 aliphatic heterocycles. The number of aromatic nitrogens is 3. The summed E-state index contributed by atoms with van der Waals surface area (Å²) in [7, 11) is 0. The maximum Gasteiger partial charge on any atom is 0.330 e. The second kappa shape index (κ2) is 8.37. The summed E-state index contributed by atoms with van der Waals surface area (Å²) in [5.41, 5.74) is 6.49. The summed E-state index contributed by atoms with van der Waals surface area (Å²) in [6, 6.07) is 20.4. The standard InChI is InChI=1S/C28H27N3O3/c1-17-13-18(2)27-21(16-29-22(27)14-17)19(3)30-23-11-7-8-12-24(23)31(28(30)34)25(15-26(32)33)20-9-5-4-6-10-20/h4-14,16,19,25,29H,15H2,1-3H3,(H,32,33)/t19?,25-/m1/s1. The van der Waals surface area contributed by atoms with Gasteiger partial charge in [-0.2, -0.15) is 0 Å². The van der Waals surface area contributed by atoms with Gasteiger partial charge in [-0.25, -0.2) is 4.79 Å². The van der Waals surface area contributed by atoms with E-state index in [4.69, 9.17) is 0 Å². The molecule has 1 unspecified atom stereocenters. The van der Waals surface area contributed by atoms with Crippen molar-refractivity contribution in [3.05, 3.63) is 106 Å². The average molecular weight is 454 g/mol. The van der Waals surface area contributed by atoms with Crippen molar-refractivity contribution in [3.8, 4) is 0 Å². The number of hydrogen-bond acceptors (Lipinski definition) is 2. The van der Waals surface area contributed by atoms with Gasteiger partial charge in [0, 0.05) is 22.7 Å². The predicted molar refractivity (Wildman–Crippen MR) is 135 cm³/mol. The van der Waals surface area contributed by atoms with Gasteiger partial charge in [-0.1, -0.05) is 48.5 Å². The molecule has 6 heteroatoms. The van der Waals surface area contributed by atoms with Gasteiger partial charge in [-0.15, -0.1) is 0 Å². The van der Waals surface area contributed by atoms with Crippen LogP contribution in [-0.4, -0.2) is 25.2 Å². The lowest BCUT2D eigenvalue weighted by Gasteiger charge is -2.18. The molecule has 0 aliphatic carbocycles. The molecule has 172 valence electrons. The van der Waals surface area contributed by atoms with Gasteiger partial charge in [-0.05, 0) is 55.7 Å². The van der Waals surface area contributed by atoms with Crippen LogP contribution < -0.4 is 5.69 Å². The van der Waals surface area contributed by atoms with E-state index in [0.717, 1.165) is 38.6 Å². The van der Waals surface area contributed by atoms with Crippen LogP contribution in [0.3, 0.4) is 0 Å². The van der Waals surface area contributed by atoms with Crippen LogP contribution in [0.2, 0.25) is 0 Å². The average Bonchev–Trinajstić information content (AvgIpc) is 3.36. The Hall–Kier alpha value is -4.06. The van der Waals surface area contributed by atoms with Crippen molar-refractivity contribution < 1.29 is 9.90 Å². The monoisotopic (exact) mass is 453 g/mol. The van der Waals surface area contributed by atoms with E-state index in [0.29, 0.717) is 0 Å². The van der Waals surface area contributed by atoms with Gasteiger partial charge < -0.3 is 10.1 Å². The third-order valence-electron chi connectivity index (χ3n) is 6.67. The zero-order valence-corrected chi connectivity index (χ0v) is 19.4. The highest BCUT2D eigenvalue weighted by Gasteiger charge is 2.27. The largest absolute Gasteiger partial charge is 0.481 e. The maximum atomic E-state index is 14.0. The van der Waals surface area contributed by atoms with Crippen molar-refractivity contribution in [2.75, 3.05) is 0 Å². The first-order valence-electron chi connectivity index (χ1n) is 11.4. The molecule has 34 heavy (non-hydrogen) atoms. The first-order chi connectivity index (χ1) is 16.4. The molecule has 2 atom stereocenters. The summed E-state index contributed by atoms with van der Waals surface area (Å²) in [5.74, 6) is -0.951. The van der Waals surface area contributed by atoms with E-state index in [9.17, 15) is 14.7 Å². The van der Waals surface area contributed by atoms with Gasteiger partial charge in [0.2, 0.25) is 0 Å². The van der Waals surface area contributed by atoms with Gasteiger partial charge in [0.25, 0.3) is 0 Å². The van der Waals surface area contributed by atoms with Gasteiger partial charge >= 0.3 is 11.7 Å². The molecule has 0 amide bonds. The number of rotatable bonds is 6. The molecule has 2 N–H and O–H groups in total. The summed E-state index contributed by atoms with van der Waals surface area (Å²) in [6.45, 7) is 6.18. The minimum absolute atomic E-state index is 0.183. The number of aryl methyl sites for hydroxylation is 2. The fourth-order valence-corrected chi connectivity index (χ4v) is 5.23. The third-order valence-corrected chi connectivity index (χ3v) is 6.67. The first kappa shape index (κ1) is 21.8. The molecular weight excluding hydrogens is 426 g/mol. The molecule has 2 aromatic heterocycles. The minimum Gasteiger partial charge on any atom is -0.481 e. The fraction of sp³-hybridized carbons (Fsp3) is 0.214. The van der Waals surface area contributed by atoms with Gasteiger partial charge in [0.05, 0.1) is 29.5 Å². The summed E-state index contributed by atoms with van der Waals surface area (Å²) in [6.07, 6.45) is 1.80. The Labute approximate surface area is 197 Å². The van der Waals surface area contributed by atoms with Crippen LogP contribution in [-0.2, 0) is 4.79 Å². The van der Waals surface area contributed by atoms with Crippen molar-refractivity contribution in [2.24, 2.45) is 0 Å². The van der Waals surface area contributed by atoms with E-state index < -0.39 is 12.0 Å². The van der Waals surface area contributed by atoms with Gasteiger partial charge in [0.1, 0.15) is 0 Å². The van der Waals surface area contributed by atoms with Crippen LogP contribution in [0.1, 0.15) is 47.7 Å². The SMILES string of the molecule is Cc1cc(C)c2c(C(C)n3c(=O)n([C@H](CC(=O)O)c4ccccc4)c4ccccc43)c[nH]c2c1. The Kier molecular flexibility index (Phi) is 5.36. The quantitative estimate of drug-likeness (QED) is 0.352. The van der Waals surface area contributed by atoms with Crippen LogP contribution in [0.4, 0.5) is 0 Å². The Bertz CT molecular complexity index is 1570. The second-order valence-electron chi connectivity index (χ2n) is 8.96. The van der Waals surface area contributed by atoms with E-state index in [1.807, 2.05) is 67.7 Å². The first-order valence-corrected chi connectivity index (χ1v) is 11.4. The highest BCUT2D eigenvalue weighted by Crippen LogP contribution is 2.33. The van der Waals surface area contributed by atoms with Crippen molar-refractivity contribution >= 4 is 27.9 Å². The molecular formula is C28H27N3O3. The molecule has 0 fully saturated rings. The van der Waals surface area contributed by atoms with Crippen LogP contribution in [0, 0.1) is 13.8 Å². The van der Waals surface area contributed by atoms with Crippen LogP contribution >= 0.6 is 0 Å². The predicted octanol–water partition coefficient (Wildman–Crippen LogP) is 5.57. The Morgan fingerprint density at radius 3 is 2.29 bits per heavy atom. The van der Waals surface area contributed by atoms with Gasteiger partial charge in [-0.3, -0.25) is 13.9 Å². The van der Waals surface area contributed by atoms with E-state index in [1.54, 1.807) is 9.13 Å². The number of hydrogen-bond donors (Lipinski definition) is 2. The lowest BCUT2D eigenvalue weighted by Crippen LogP contribution is -2.31. The molecule has 0 saturated heterocycles. The highest BCUT2D eigenvalue weighted by molar-refractivity contribution is 5.88. The summed E-state index contributed by atoms with van der Waals surface area (Å²) in [5, 5.41) is 10.8. The second-order valence-corrected chi connectivity index (χ2v) is 8.96. The maximum absolute atomic E-state index is 14.0. The van der Waals surface area contributed by atoms with E-state index in [2.05, 4.69) is 31.0 Å². The normalized spacial score (nSPS) is 13.4. The third kappa shape index (κ3) is 3.52. The zero-order valence-electron chi connectivity index (χ0n) is 19.4. The van der Waals surface area contributed by atoms with E-state index >= 15 is 0 Å². The smallest absolute Gasteiger partial charge is 0.330 e. The molecule has 0 aliphatic rings. The molecule has 3 aromatic carbocycles. The summed E-state index contributed by atoms with van der Waals surface area (Å²) >= 11 is 0. The minimum atomic E-state index is -0.951. The molecule has 0 bridgehead atoms. The zero-order chi connectivity index (χ0) is 24.0. The molecule has 0 saturated carbocycles. The highest BCUT2D eigenvalue weighted by atomic mass is 16.4. The van der Waals surface area contributed by atoms with Gasteiger partial charge in [0.15, 0.2) is 0 Å². The Morgan fingerprint density at radius 1 is 0.971 bits per heavy atom. The molecule has 0 radical (unpaired) electrons. The molecule has 5 aromatic rings. The van der Waals surface area contributed by atoms with Crippen molar-refractivity contribution in [3.63, 3.8) is 0 Å². The summed E-state index contributed by atoms with van der Waals surface area (Å²) in [4.78, 5) is 29.2. The number of aliphatic carboxylic acids is 1. The topological polar surface area (TPSA) is 80.0 Å². The number of nitrogens with zero attached hydrogens (tertiary/aromatic N) is 2. The van der Waals surface area contributed by atoms with Crippen LogP contribution in [0.15, 0.2) is 77.7 Å². The molecule has 2 heterocycles. The van der Waals surface area contributed by atoms with E-state index in [-0.39, 0.29) is 18.2 Å². The molecule has 6 nitrogen and oxygen atoms in total. The number of benzene rings is 3. The number of imidazole rings is 1. The number of carbonyl (C=O) groups is 1. The number of fused-ring (bicyclic) bond motifs is 2. The number of carboxylic acid groups (broad SMARTS) is 1. The Balaban J connectivity index is 1.75. The van der Waals surface area contributed by atoms with E-state index in [1.165, 1.54) is 5.56 Å². The lowest BCUT2D eigenvalue weighted by molar-refractivity contribution is -0.137. The number of para-hydroxylation sites is 2. The summed E-state index contributed by atoms with van der Waals surface area (Å²) < 4.78 is 3.43. The number of carboxylic acids is 1. The van der Waals surface area contributed by atoms with Crippen LogP contribution in [0.25, 0.3) is 21.9 Å². The van der Waals surface area contributed by atoms with Crippen molar-refractivity contribution in [1.82, 2.24) is 14.1 Å². The van der Waals surface area contributed by atoms with Crippen LogP contribution in [0.5, 0.6) is 0 Å². The number of nitrogens with one attached hydrogen (secondary N) is 1. The Morgan fingerprint density at radius 2 is 1.62 bits per heavy atom.